The van der Waals surface area contributed by atoms with Crippen LogP contribution in [0.3, 0.4) is 0 Å². The van der Waals surface area contributed by atoms with Crippen molar-refractivity contribution in [2.75, 3.05) is 6.61 Å². The van der Waals surface area contributed by atoms with Gasteiger partial charge in [-0.05, 0) is 36.2 Å². The van der Waals surface area contributed by atoms with Crippen LogP contribution in [-0.2, 0) is 0 Å². The topological polar surface area (TPSA) is 32.3 Å². The van der Waals surface area contributed by atoms with Gasteiger partial charge in [-0.25, -0.2) is 0 Å². The molecule has 2 rings (SSSR count). The molecule has 0 aliphatic heterocycles. The zero-order valence-corrected chi connectivity index (χ0v) is 12.4. The molecule has 2 unspecified atom stereocenters. The highest BCUT2D eigenvalue weighted by Gasteiger charge is 2.35. The highest BCUT2D eigenvalue weighted by Crippen LogP contribution is 2.42. The Morgan fingerprint density at radius 2 is 1.84 bits per heavy atom. The van der Waals surface area contributed by atoms with Crippen molar-refractivity contribution in [1.29, 1.82) is 0 Å². The summed E-state index contributed by atoms with van der Waals surface area (Å²) in [5, 5.41) is 13.1. The molecular weight excluding hydrogens is 234 g/mol. The lowest BCUT2D eigenvalue weighted by molar-refractivity contribution is 0.181. The van der Waals surface area contributed by atoms with E-state index in [4.69, 9.17) is 0 Å². The maximum Gasteiger partial charge on any atom is 0.0446 e. The molecule has 1 saturated carbocycles. The summed E-state index contributed by atoms with van der Waals surface area (Å²) in [6, 6.07) is 11.5. The largest absolute Gasteiger partial charge is 0.396 e. The monoisotopic (exact) mass is 261 g/mol. The molecule has 106 valence electrons. The van der Waals surface area contributed by atoms with Crippen LogP contribution >= 0.6 is 0 Å². The van der Waals surface area contributed by atoms with Crippen LogP contribution in [0.5, 0.6) is 0 Å². The first-order chi connectivity index (χ1) is 9.02. The summed E-state index contributed by atoms with van der Waals surface area (Å²) in [7, 11) is 0. The van der Waals surface area contributed by atoms with E-state index < -0.39 is 0 Å². The lowest BCUT2D eigenvalue weighted by Crippen LogP contribution is -2.43. The quantitative estimate of drug-likeness (QED) is 0.821. The summed E-state index contributed by atoms with van der Waals surface area (Å²) in [6.45, 7) is 6.99. The van der Waals surface area contributed by atoms with Crippen molar-refractivity contribution < 1.29 is 5.11 Å². The second-order valence-electron chi connectivity index (χ2n) is 6.82. The molecule has 2 heteroatoms. The smallest absolute Gasteiger partial charge is 0.0446 e. The summed E-state index contributed by atoms with van der Waals surface area (Å²) in [4.78, 5) is 0. The van der Waals surface area contributed by atoms with Gasteiger partial charge in [0.2, 0.25) is 0 Å². The Balaban J connectivity index is 2.11. The minimum absolute atomic E-state index is 0.171. The standard InChI is InChI=1S/C17H27NO/c1-17(2,3)15(11-12-19)18-16(14-9-10-14)13-7-5-4-6-8-13/h4-8,14-16,18-19H,9-12H2,1-3H3. The Hall–Kier alpha value is -0.860. The second kappa shape index (κ2) is 6.06. The number of hydrogen-bond acceptors (Lipinski definition) is 2. The minimum Gasteiger partial charge on any atom is -0.396 e. The van der Waals surface area contributed by atoms with Crippen LogP contribution in [0.4, 0.5) is 0 Å². The van der Waals surface area contributed by atoms with Gasteiger partial charge in [-0.1, -0.05) is 51.1 Å². The molecule has 19 heavy (non-hydrogen) atoms. The summed E-state index contributed by atoms with van der Waals surface area (Å²) in [5.41, 5.74) is 1.56. The number of aliphatic hydroxyl groups is 1. The average molecular weight is 261 g/mol. The molecule has 2 atom stereocenters. The first-order valence-electron chi connectivity index (χ1n) is 7.44. The zero-order valence-electron chi connectivity index (χ0n) is 12.4. The third-order valence-electron chi connectivity index (χ3n) is 4.10. The van der Waals surface area contributed by atoms with Gasteiger partial charge in [-0.15, -0.1) is 0 Å². The van der Waals surface area contributed by atoms with Gasteiger partial charge in [-0.3, -0.25) is 0 Å². The van der Waals surface area contributed by atoms with Gasteiger partial charge in [0.15, 0.2) is 0 Å². The molecule has 0 aromatic heterocycles. The van der Waals surface area contributed by atoms with Gasteiger partial charge in [0.1, 0.15) is 0 Å². The molecular formula is C17H27NO. The second-order valence-corrected chi connectivity index (χ2v) is 6.82. The molecule has 1 aromatic carbocycles. The van der Waals surface area contributed by atoms with Crippen LogP contribution in [0, 0.1) is 11.3 Å². The van der Waals surface area contributed by atoms with E-state index in [1.807, 2.05) is 0 Å². The van der Waals surface area contributed by atoms with E-state index in [0.717, 1.165) is 12.3 Å². The Morgan fingerprint density at radius 1 is 1.21 bits per heavy atom. The van der Waals surface area contributed by atoms with Crippen LogP contribution in [0.2, 0.25) is 0 Å². The Kier molecular flexibility index (Phi) is 4.64. The van der Waals surface area contributed by atoms with Crippen molar-refractivity contribution in [3.63, 3.8) is 0 Å². The van der Waals surface area contributed by atoms with Gasteiger partial charge < -0.3 is 10.4 Å². The lowest BCUT2D eigenvalue weighted by atomic mass is 9.83. The van der Waals surface area contributed by atoms with Crippen molar-refractivity contribution in [3.8, 4) is 0 Å². The van der Waals surface area contributed by atoms with E-state index in [1.165, 1.54) is 18.4 Å². The maximum absolute atomic E-state index is 9.30. The molecule has 0 heterocycles. The number of rotatable bonds is 6. The summed E-state index contributed by atoms with van der Waals surface area (Å²) >= 11 is 0. The molecule has 1 aliphatic rings. The fourth-order valence-corrected chi connectivity index (χ4v) is 2.71. The summed E-state index contributed by atoms with van der Waals surface area (Å²) < 4.78 is 0. The van der Waals surface area contributed by atoms with E-state index in [-0.39, 0.29) is 12.0 Å². The Labute approximate surface area is 117 Å². The van der Waals surface area contributed by atoms with Crippen LogP contribution < -0.4 is 5.32 Å². The van der Waals surface area contributed by atoms with Crippen LogP contribution in [0.25, 0.3) is 0 Å². The molecule has 1 aromatic rings. The number of benzene rings is 1. The molecule has 0 radical (unpaired) electrons. The highest BCUT2D eigenvalue weighted by molar-refractivity contribution is 5.21. The number of aliphatic hydroxyl groups excluding tert-OH is 1. The lowest BCUT2D eigenvalue weighted by Gasteiger charge is -2.35. The van der Waals surface area contributed by atoms with Gasteiger partial charge in [0.25, 0.3) is 0 Å². The SMILES string of the molecule is CC(C)(C)C(CCO)NC(c1ccccc1)C1CC1. The van der Waals surface area contributed by atoms with Crippen molar-refractivity contribution in [3.05, 3.63) is 35.9 Å². The van der Waals surface area contributed by atoms with Crippen molar-refractivity contribution in [1.82, 2.24) is 5.32 Å². The zero-order chi connectivity index (χ0) is 13.9. The fourth-order valence-electron chi connectivity index (χ4n) is 2.71. The normalized spacial score (nSPS) is 19.2. The van der Waals surface area contributed by atoms with E-state index >= 15 is 0 Å². The first-order valence-corrected chi connectivity index (χ1v) is 7.44. The van der Waals surface area contributed by atoms with Crippen LogP contribution in [-0.4, -0.2) is 17.8 Å². The summed E-state index contributed by atoms with van der Waals surface area (Å²) in [6.07, 6.45) is 3.46. The molecule has 0 spiro atoms. The van der Waals surface area contributed by atoms with Gasteiger partial charge in [0, 0.05) is 18.7 Å². The van der Waals surface area contributed by atoms with Crippen molar-refractivity contribution in [2.24, 2.45) is 11.3 Å². The molecule has 0 amide bonds. The average Bonchev–Trinajstić information content (AvgIpc) is 3.18. The van der Waals surface area contributed by atoms with E-state index in [2.05, 4.69) is 56.4 Å². The molecule has 0 saturated heterocycles. The maximum atomic E-state index is 9.30. The van der Waals surface area contributed by atoms with Crippen molar-refractivity contribution >= 4 is 0 Å². The molecule has 1 aliphatic carbocycles. The van der Waals surface area contributed by atoms with E-state index in [9.17, 15) is 5.11 Å². The Morgan fingerprint density at radius 3 is 2.32 bits per heavy atom. The first kappa shape index (κ1) is 14.5. The van der Waals surface area contributed by atoms with Crippen LogP contribution in [0.1, 0.15) is 51.6 Å². The number of nitrogens with one attached hydrogen (secondary N) is 1. The van der Waals surface area contributed by atoms with E-state index in [0.29, 0.717) is 12.1 Å². The van der Waals surface area contributed by atoms with Gasteiger partial charge >= 0.3 is 0 Å². The van der Waals surface area contributed by atoms with Gasteiger partial charge in [-0.2, -0.15) is 0 Å². The number of hydrogen-bond donors (Lipinski definition) is 2. The molecule has 2 N–H and O–H groups in total. The highest BCUT2D eigenvalue weighted by atomic mass is 16.3. The predicted molar refractivity (Wildman–Crippen MR) is 80.0 cm³/mol. The van der Waals surface area contributed by atoms with Crippen LogP contribution in [0.15, 0.2) is 30.3 Å². The van der Waals surface area contributed by atoms with Gasteiger partial charge in [0.05, 0.1) is 0 Å². The Bertz CT molecular complexity index is 378. The molecule has 2 nitrogen and oxygen atoms in total. The molecule has 1 fully saturated rings. The predicted octanol–water partition coefficient (Wildman–Crippen LogP) is 3.52. The minimum atomic E-state index is 0.171. The third kappa shape index (κ3) is 4.05. The fraction of sp³-hybridized carbons (Fsp3) is 0.647. The van der Waals surface area contributed by atoms with Crippen molar-refractivity contribution in [2.45, 2.75) is 52.1 Å². The summed E-state index contributed by atoms with van der Waals surface area (Å²) in [5.74, 6) is 0.769. The van der Waals surface area contributed by atoms with E-state index in [1.54, 1.807) is 0 Å². The third-order valence-corrected chi connectivity index (χ3v) is 4.10. The molecule has 0 bridgehead atoms.